The van der Waals surface area contributed by atoms with Crippen LogP contribution in [-0.2, 0) is 11.3 Å². The maximum Gasteiger partial charge on any atom is 0.241 e. The zero-order chi connectivity index (χ0) is 13.0. The fraction of sp³-hybridized carbons (Fsp3) is 0.692. The van der Waals surface area contributed by atoms with Crippen LogP contribution in [0.1, 0.15) is 39.0 Å². The second kappa shape index (κ2) is 5.89. The van der Waals surface area contributed by atoms with Crippen molar-refractivity contribution in [2.45, 2.75) is 51.6 Å². The highest BCUT2D eigenvalue weighted by molar-refractivity contribution is 5.76. The molecular weight excluding hydrogens is 228 g/mol. The normalized spacial score (nSPS) is 23.8. The minimum Gasteiger partial charge on any atom is -0.382 e. The quantitative estimate of drug-likeness (QED) is 0.851. The van der Waals surface area contributed by atoms with E-state index >= 15 is 0 Å². The van der Waals surface area contributed by atoms with E-state index in [9.17, 15) is 4.79 Å². The molecule has 1 aromatic rings. The number of hydrogen-bond acceptors (Lipinski definition) is 3. The van der Waals surface area contributed by atoms with Crippen LogP contribution in [0.15, 0.2) is 12.3 Å². The van der Waals surface area contributed by atoms with E-state index in [0.29, 0.717) is 11.9 Å². The van der Waals surface area contributed by atoms with Gasteiger partial charge in [-0.05, 0) is 37.7 Å². The van der Waals surface area contributed by atoms with Gasteiger partial charge in [-0.25, -0.2) is 0 Å². The Morgan fingerprint density at radius 3 is 2.78 bits per heavy atom. The molecule has 0 radical (unpaired) electrons. The lowest BCUT2D eigenvalue weighted by atomic mass is 9.84. The summed E-state index contributed by atoms with van der Waals surface area (Å²) in [5, 5.41) is 7.08. The highest BCUT2D eigenvalue weighted by Gasteiger charge is 2.21. The predicted molar refractivity (Wildman–Crippen MR) is 70.8 cm³/mol. The maximum absolute atomic E-state index is 11.8. The highest BCUT2D eigenvalue weighted by Crippen LogP contribution is 2.26. The first-order valence-corrected chi connectivity index (χ1v) is 6.75. The standard InChI is InChI=1S/C13H22N4O/c1-2-10-3-5-11(6-4-10)15-13(18)9-17-8-7-12(14)16-17/h7-8,10-11H,2-6,9H2,1H3,(H2,14,16)(H,15,18). The molecule has 0 bridgehead atoms. The molecular formula is C13H22N4O. The van der Waals surface area contributed by atoms with Crippen LogP contribution < -0.4 is 11.1 Å². The Balaban J connectivity index is 1.75. The topological polar surface area (TPSA) is 72.9 Å². The van der Waals surface area contributed by atoms with Crippen LogP contribution in [0.3, 0.4) is 0 Å². The van der Waals surface area contributed by atoms with Crippen molar-refractivity contribution in [2.75, 3.05) is 5.73 Å². The molecule has 1 aliphatic carbocycles. The lowest BCUT2D eigenvalue weighted by Crippen LogP contribution is -2.39. The van der Waals surface area contributed by atoms with Crippen LogP contribution in [-0.4, -0.2) is 21.7 Å². The van der Waals surface area contributed by atoms with Crippen molar-refractivity contribution < 1.29 is 4.79 Å². The SMILES string of the molecule is CCC1CCC(NC(=O)Cn2ccc(N)n2)CC1. The summed E-state index contributed by atoms with van der Waals surface area (Å²) in [6, 6.07) is 2.04. The molecule has 0 unspecified atom stereocenters. The molecule has 1 heterocycles. The van der Waals surface area contributed by atoms with E-state index in [1.165, 1.54) is 19.3 Å². The van der Waals surface area contributed by atoms with Crippen molar-refractivity contribution in [3.63, 3.8) is 0 Å². The molecule has 1 fully saturated rings. The van der Waals surface area contributed by atoms with Gasteiger partial charge in [0.1, 0.15) is 12.4 Å². The van der Waals surface area contributed by atoms with E-state index in [0.717, 1.165) is 18.8 Å². The van der Waals surface area contributed by atoms with Crippen LogP contribution >= 0.6 is 0 Å². The number of nitrogens with zero attached hydrogens (tertiary/aromatic N) is 2. The monoisotopic (exact) mass is 250 g/mol. The second-order valence-electron chi connectivity index (χ2n) is 5.13. The smallest absolute Gasteiger partial charge is 0.241 e. The molecule has 18 heavy (non-hydrogen) atoms. The predicted octanol–water partition coefficient (Wildman–Crippen LogP) is 1.55. The molecule has 100 valence electrons. The van der Waals surface area contributed by atoms with Crippen LogP contribution in [0, 0.1) is 5.92 Å². The van der Waals surface area contributed by atoms with Gasteiger partial charge in [0.2, 0.25) is 5.91 Å². The average molecular weight is 250 g/mol. The Morgan fingerprint density at radius 1 is 1.50 bits per heavy atom. The zero-order valence-corrected chi connectivity index (χ0v) is 10.9. The van der Waals surface area contributed by atoms with Crippen molar-refractivity contribution in [3.8, 4) is 0 Å². The molecule has 3 N–H and O–H groups in total. The van der Waals surface area contributed by atoms with E-state index in [2.05, 4.69) is 17.3 Å². The lowest BCUT2D eigenvalue weighted by molar-refractivity contribution is -0.122. The van der Waals surface area contributed by atoms with E-state index in [1.807, 2.05) is 0 Å². The van der Waals surface area contributed by atoms with Crippen LogP contribution in [0.4, 0.5) is 5.82 Å². The number of nitrogens with one attached hydrogen (secondary N) is 1. The first kappa shape index (κ1) is 12.9. The highest BCUT2D eigenvalue weighted by atomic mass is 16.2. The van der Waals surface area contributed by atoms with E-state index < -0.39 is 0 Å². The van der Waals surface area contributed by atoms with Crippen molar-refractivity contribution in [1.29, 1.82) is 0 Å². The molecule has 1 amide bonds. The Morgan fingerprint density at radius 2 is 2.22 bits per heavy atom. The third kappa shape index (κ3) is 3.48. The molecule has 0 aromatic carbocycles. The molecule has 5 heteroatoms. The van der Waals surface area contributed by atoms with Gasteiger partial charge < -0.3 is 11.1 Å². The van der Waals surface area contributed by atoms with Gasteiger partial charge in [-0.1, -0.05) is 13.3 Å². The molecule has 1 aromatic heterocycles. The molecule has 0 aliphatic heterocycles. The van der Waals surface area contributed by atoms with Crippen LogP contribution in [0.25, 0.3) is 0 Å². The van der Waals surface area contributed by atoms with Crippen molar-refractivity contribution in [1.82, 2.24) is 15.1 Å². The minimum atomic E-state index is 0.0260. The number of aromatic nitrogens is 2. The number of amides is 1. The third-order valence-corrected chi connectivity index (χ3v) is 3.76. The Hall–Kier alpha value is -1.52. The summed E-state index contributed by atoms with van der Waals surface area (Å²) in [7, 11) is 0. The molecule has 5 nitrogen and oxygen atoms in total. The first-order chi connectivity index (χ1) is 8.67. The Bertz CT molecular complexity index is 393. The van der Waals surface area contributed by atoms with Gasteiger partial charge in [0.15, 0.2) is 0 Å². The Kier molecular flexibility index (Phi) is 4.23. The van der Waals surface area contributed by atoms with Crippen LogP contribution in [0.2, 0.25) is 0 Å². The molecule has 1 aliphatic rings. The van der Waals surface area contributed by atoms with Gasteiger partial charge in [0.25, 0.3) is 0 Å². The van der Waals surface area contributed by atoms with E-state index in [1.54, 1.807) is 16.9 Å². The van der Waals surface area contributed by atoms with Gasteiger partial charge >= 0.3 is 0 Å². The number of carbonyl (C=O) groups excluding carboxylic acids is 1. The van der Waals surface area contributed by atoms with Gasteiger partial charge in [-0.2, -0.15) is 5.10 Å². The first-order valence-electron chi connectivity index (χ1n) is 6.75. The third-order valence-electron chi connectivity index (χ3n) is 3.76. The summed E-state index contributed by atoms with van der Waals surface area (Å²) in [6.07, 6.45) is 7.65. The van der Waals surface area contributed by atoms with E-state index in [4.69, 9.17) is 5.73 Å². The molecule has 0 atom stereocenters. The van der Waals surface area contributed by atoms with Gasteiger partial charge in [-0.3, -0.25) is 9.48 Å². The van der Waals surface area contributed by atoms with Crippen LogP contribution in [0.5, 0.6) is 0 Å². The van der Waals surface area contributed by atoms with Gasteiger partial charge in [0.05, 0.1) is 0 Å². The zero-order valence-electron chi connectivity index (χ0n) is 10.9. The summed E-state index contributed by atoms with van der Waals surface area (Å²) in [6.45, 7) is 2.50. The number of anilines is 1. The lowest BCUT2D eigenvalue weighted by Gasteiger charge is -2.28. The number of rotatable bonds is 4. The maximum atomic E-state index is 11.8. The van der Waals surface area contributed by atoms with E-state index in [-0.39, 0.29) is 12.5 Å². The summed E-state index contributed by atoms with van der Waals surface area (Å²) < 4.78 is 1.57. The number of nitrogen functional groups attached to an aromatic ring is 1. The average Bonchev–Trinajstić information content (AvgIpc) is 2.75. The molecule has 1 saturated carbocycles. The summed E-state index contributed by atoms with van der Waals surface area (Å²) in [5.74, 6) is 1.33. The fourth-order valence-electron chi connectivity index (χ4n) is 2.60. The molecule has 0 spiro atoms. The van der Waals surface area contributed by atoms with Gasteiger partial charge in [0, 0.05) is 12.2 Å². The largest absolute Gasteiger partial charge is 0.382 e. The van der Waals surface area contributed by atoms with Gasteiger partial charge in [-0.15, -0.1) is 0 Å². The van der Waals surface area contributed by atoms with Crippen molar-refractivity contribution >= 4 is 11.7 Å². The second-order valence-corrected chi connectivity index (χ2v) is 5.13. The number of carbonyl (C=O) groups is 1. The van der Waals surface area contributed by atoms with Crippen molar-refractivity contribution in [3.05, 3.63) is 12.3 Å². The Labute approximate surface area is 108 Å². The molecule has 0 saturated heterocycles. The fourth-order valence-corrected chi connectivity index (χ4v) is 2.60. The molecule has 2 rings (SSSR count). The number of nitrogens with two attached hydrogens (primary N) is 1. The minimum absolute atomic E-state index is 0.0260. The van der Waals surface area contributed by atoms with Crippen molar-refractivity contribution in [2.24, 2.45) is 5.92 Å². The summed E-state index contributed by atoms with van der Waals surface area (Å²) in [4.78, 5) is 11.8. The number of hydrogen-bond donors (Lipinski definition) is 2. The summed E-state index contributed by atoms with van der Waals surface area (Å²) >= 11 is 0. The summed E-state index contributed by atoms with van der Waals surface area (Å²) in [5.41, 5.74) is 5.51.